The molecule has 1 saturated heterocycles. The number of hydrogen-bond donors (Lipinski definition) is 4. The number of nitrogens with zero attached hydrogens (tertiary/aromatic N) is 2. The molecule has 1 aromatic rings. The van der Waals surface area contributed by atoms with Gasteiger partial charge in [0.05, 0.1) is 30.0 Å². The number of nitrogens with one attached hydrogen (secondary N) is 3. The van der Waals surface area contributed by atoms with Gasteiger partial charge in [-0.1, -0.05) is 89.7 Å². The van der Waals surface area contributed by atoms with Crippen LogP contribution in [0.25, 0.3) is 0 Å². The zero-order chi connectivity index (χ0) is 43.1. The second-order valence-electron chi connectivity index (χ2n) is 15.5. The number of carbonyl (C=O) groups excluding carboxylic acids is 7. The summed E-state index contributed by atoms with van der Waals surface area (Å²) >= 11 is 0. The number of Topliss-reactive ketones (excluding diaryl/α,β-unsaturated/α-hetero) is 2. The van der Waals surface area contributed by atoms with Gasteiger partial charge < -0.3 is 30.5 Å². The van der Waals surface area contributed by atoms with Gasteiger partial charge in [-0.2, -0.15) is 0 Å². The summed E-state index contributed by atoms with van der Waals surface area (Å²) in [5.74, 6) is -7.64. The Bertz CT molecular complexity index is 1560. The van der Waals surface area contributed by atoms with Crippen molar-refractivity contribution in [1.82, 2.24) is 25.8 Å². The Morgan fingerprint density at radius 1 is 0.982 bits per heavy atom. The molecule has 10 atom stereocenters. The van der Waals surface area contributed by atoms with Crippen LogP contribution in [0.5, 0.6) is 0 Å². The molecule has 1 fully saturated rings. The number of ketones is 2. The molecule has 1 aliphatic heterocycles. The van der Waals surface area contributed by atoms with Gasteiger partial charge in [-0.3, -0.25) is 33.6 Å². The summed E-state index contributed by atoms with van der Waals surface area (Å²) < 4.78 is 22.6. The van der Waals surface area contributed by atoms with Crippen LogP contribution >= 0.6 is 8.25 Å². The van der Waals surface area contributed by atoms with E-state index in [4.69, 9.17) is 9.26 Å². The van der Waals surface area contributed by atoms with Crippen LogP contribution in [0.2, 0.25) is 0 Å². The molecule has 2 rings (SSSR count). The fourth-order valence-electron chi connectivity index (χ4n) is 7.72. The van der Waals surface area contributed by atoms with Gasteiger partial charge in [-0.15, -0.1) is 4.89 Å². The Morgan fingerprint density at radius 2 is 1.60 bits per heavy atom. The first kappa shape index (κ1) is 49.2. The maximum absolute atomic E-state index is 14.3. The topological polar surface area (TPSA) is 218 Å². The minimum Gasteiger partial charge on any atom is -0.378 e. The third-order valence-corrected chi connectivity index (χ3v) is 11.4. The van der Waals surface area contributed by atoms with Gasteiger partial charge in [0.2, 0.25) is 29.4 Å². The Morgan fingerprint density at radius 3 is 2.11 bits per heavy atom. The highest BCUT2D eigenvalue weighted by atomic mass is 31.1. The molecule has 17 heteroatoms. The first-order valence-corrected chi connectivity index (χ1v) is 20.7. The molecule has 0 aliphatic carbocycles. The molecule has 0 spiro atoms. The van der Waals surface area contributed by atoms with E-state index in [2.05, 4.69) is 16.0 Å². The van der Waals surface area contributed by atoms with Crippen molar-refractivity contribution in [2.24, 2.45) is 29.6 Å². The van der Waals surface area contributed by atoms with E-state index < -0.39 is 98.2 Å². The minimum atomic E-state index is -3.06. The van der Waals surface area contributed by atoms with Crippen molar-refractivity contribution in [2.75, 3.05) is 27.7 Å². The number of hydrogen-bond acceptors (Lipinski definition) is 11. The highest BCUT2D eigenvalue weighted by molar-refractivity contribution is 7.32. The minimum absolute atomic E-state index is 0.0838. The van der Waals surface area contributed by atoms with Gasteiger partial charge in [0, 0.05) is 44.2 Å². The molecule has 57 heavy (non-hydrogen) atoms. The molecule has 0 saturated carbocycles. The number of amides is 4. The molecule has 0 radical (unpaired) electrons. The summed E-state index contributed by atoms with van der Waals surface area (Å²) in [6, 6.07) is 5.68. The maximum atomic E-state index is 14.3. The van der Waals surface area contributed by atoms with Crippen LogP contribution in [0, 0.1) is 29.6 Å². The zero-order valence-corrected chi connectivity index (χ0v) is 35.8. The summed E-state index contributed by atoms with van der Waals surface area (Å²) in [5.41, 5.74) is 0.751. The smallest absolute Gasteiger partial charge is 0.378 e. The van der Waals surface area contributed by atoms with E-state index in [0.29, 0.717) is 19.3 Å². The largest absolute Gasteiger partial charge is 0.696 e. The summed E-state index contributed by atoms with van der Waals surface area (Å²) in [6.07, 6.45) is -1.11. The number of rotatable bonds is 24. The standard InChI is InChI=1S/C40H62N5O11P/c1-11-25(6)35(44(9)40(52)34(24(4)5)43-39(51)33(41-8)23(2)3)28(36(49)30(47)22-46)21-32(48)45-19-15-18-29(45)37(55-10)26(7)38(50)42-31(56-57(53)54)20-27-16-13-12-14-17-27/h12-14,16-17,22-26,28-29,31,33-35,37,41H,11,15,18-21H2,1-10H3,(H2-,42,43,50,51,53,54)/p+1/t25?,26-,28+,29-,31?,33-,34-,35-,37+/m0/s1. The van der Waals surface area contributed by atoms with Crippen LogP contribution < -0.4 is 16.0 Å². The Hall–Kier alpha value is -3.95. The van der Waals surface area contributed by atoms with E-state index in [1.807, 2.05) is 26.8 Å². The zero-order valence-electron chi connectivity index (χ0n) is 34.9. The summed E-state index contributed by atoms with van der Waals surface area (Å²) in [4.78, 5) is 106. The molecule has 0 aromatic heterocycles. The van der Waals surface area contributed by atoms with Gasteiger partial charge in [-0.05, 0) is 43.2 Å². The van der Waals surface area contributed by atoms with Gasteiger partial charge in [-0.25, -0.2) is 0 Å². The number of aldehydes is 1. The van der Waals surface area contributed by atoms with Crippen molar-refractivity contribution in [3.8, 4) is 0 Å². The molecular weight excluding hydrogens is 757 g/mol. The molecule has 1 aromatic carbocycles. The Kier molecular flexibility index (Phi) is 20.2. The lowest BCUT2D eigenvalue weighted by Gasteiger charge is -2.40. The normalized spacial score (nSPS) is 18.7. The average molecular weight is 821 g/mol. The lowest BCUT2D eigenvalue weighted by molar-refractivity contribution is -0.150. The third kappa shape index (κ3) is 13.6. The van der Waals surface area contributed by atoms with Crippen LogP contribution in [-0.2, 0) is 53.8 Å². The Labute approximate surface area is 337 Å². The van der Waals surface area contributed by atoms with Crippen molar-refractivity contribution in [1.29, 1.82) is 0 Å². The molecule has 4 amide bonds. The highest BCUT2D eigenvalue weighted by Gasteiger charge is 2.46. The van der Waals surface area contributed by atoms with Gasteiger partial charge in [0.1, 0.15) is 6.04 Å². The summed E-state index contributed by atoms with van der Waals surface area (Å²) in [7, 11) is 1.46. The molecule has 1 aliphatic rings. The van der Waals surface area contributed by atoms with Crippen molar-refractivity contribution < 1.29 is 52.3 Å². The van der Waals surface area contributed by atoms with Crippen LogP contribution in [0.15, 0.2) is 30.3 Å². The van der Waals surface area contributed by atoms with Crippen molar-refractivity contribution in [3.05, 3.63) is 35.9 Å². The molecule has 0 bridgehead atoms. The van der Waals surface area contributed by atoms with E-state index in [9.17, 15) is 43.0 Å². The van der Waals surface area contributed by atoms with Crippen molar-refractivity contribution in [3.63, 3.8) is 0 Å². The number of carbonyl (C=O) groups is 7. The number of likely N-dealkylation sites (tertiary alicyclic amines) is 1. The number of likely N-dealkylation sites (N-methyl/N-ethyl adjacent to an activating group) is 2. The quantitative estimate of drug-likeness (QED) is 0.0389. The van der Waals surface area contributed by atoms with Crippen LogP contribution in [0.4, 0.5) is 0 Å². The van der Waals surface area contributed by atoms with Crippen LogP contribution in [0.1, 0.15) is 79.7 Å². The molecule has 16 nitrogen and oxygen atoms in total. The van der Waals surface area contributed by atoms with E-state index in [1.54, 1.807) is 59.0 Å². The predicted molar refractivity (Wildman–Crippen MR) is 212 cm³/mol. The van der Waals surface area contributed by atoms with Gasteiger partial charge in [0.25, 0.3) is 5.78 Å². The molecule has 4 N–H and O–H groups in total. The van der Waals surface area contributed by atoms with Crippen molar-refractivity contribution >= 4 is 49.7 Å². The molecule has 3 unspecified atom stereocenters. The molecule has 318 valence electrons. The first-order chi connectivity index (χ1) is 26.8. The predicted octanol–water partition coefficient (Wildman–Crippen LogP) is 2.58. The fourth-order valence-corrected chi connectivity index (χ4v) is 8.07. The van der Waals surface area contributed by atoms with E-state index in [1.165, 1.54) is 24.0 Å². The summed E-state index contributed by atoms with van der Waals surface area (Å²) in [5, 5.41) is 8.49. The SMILES string of the molecule is CCC(C)[C@@H]([C@@H](CC(=O)N1CCC[C@H]1[C@H](OC)[C@H](C)C(=O)NC(Cc1ccccc1)O[P+](=O)O)C(=O)C(=O)C=O)N(C)C(=O)[C@@H](NC(=O)[C@@H](NC)C(C)C)C(C)C. The van der Waals surface area contributed by atoms with E-state index >= 15 is 0 Å². The van der Waals surface area contributed by atoms with Gasteiger partial charge in [0.15, 0.2) is 12.5 Å². The lowest BCUT2D eigenvalue weighted by atomic mass is 9.80. The number of benzene rings is 1. The molecule has 1 heterocycles. The molecular formula is C40H63N5O11P+. The Balaban J connectivity index is 2.44. The van der Waals surface area contributed by atoms with Crippen molar-refractivity contribution in [2.45, 2.75) is 117 Å². The third-order valence-electron chi connectivity index (χ3n) is 11.0. The first-order valence-electron chi connectivity index (χ1n) is 19.6. The second-order valence-corrected chi connectivity index (χ2v) is 16.2. The maximum Gasteiger partial charge on any atom is 0.696 e. The van der Waals surface area contributed by atoms with E-state index in [0.717, 1.165) is 5.56 Å². The summed E-state index contributed by atoms with van der Waals surface area (Å²) in [6.45, 7) is 12.7. The van der Waals surface area contributed by atoms with Crippen LogP contribution in [0.3, 0.4) is 0 Å². The second kappa shape index (κ2) is 23.5. The number of methoxy groups -OCH3 is 1. The van der Waals surface area contributed by atoms with E-state index in [-0.39, 0.29) is 37.0 Å². The highest BCUT2D eigenvalue weighted by Crippen LogP contribution is 2.32. The van der Waals surface area contributed by atoms with Crippen LogP contribution in [-0.4, -0.2) is 120 Å². The lowest BCUT2D eigenvalue weighted by Crippen LogP contribution is -2.59. The number of ether oxygens (including phenoxy) is 1. The fraction of sp³-hybridized carbons (Fsp3) is 0.675. The monoisotopic (exact) mass is 820 g/mol. The average Bonchev–Trinajstić information content (AvgIpc) is 3.65. The van der Waals surface area contributed by atoms with Gasteiger partial charge >= 0.3 is 8.25 Å².